The standard InChI is InChI=1S/C26H45N3O2/c27-23(30)22-17-11-14-20-26(22)24(31)29(25(28-26)18-12-8-13-19-25)21-15-9-6-4-2-1-3-5-7-10-16-21/h21-22,28H,1-20H2,(H2,27,30). The van der Waals surface area contributed by atoms with Crippen molar-refractivity contribution in [3.63, 3.8) is 0 Å². The lowest BCUT2D eigenvalue weighted by atomic mass is 9.71. The highest BCUT2D eigenvalue weighted by molar-refractivity contribution is 5.96. The number of carbonyl (C=O) groups is 2. The highest BCUT2D eigenvalue weighted by Gasteiger charge is 2.64. The van der Waals surface area contributed by atoms with E-state index >= 15 is 0 Å². The van der Waals surface area contributed by atoms with Crippen LogP contribution in [-0.4, -0.2) is 34.0 Å². The van der Waals surface area contributed by atoms with E-state index in [1.807, 2.05) is 0 Å². The van der Waals surface area contributed by atoms with Crippen LogP contribution in [0.25, 0.3) is 0 Å². The number of rotatable bonds is 2. The van der Waals surface area contributed by atoms with E-state index in [4.69, 9.17) is 5.73 Å². The molecule has 3 N–H and O–H groups in total. The molecule has 2 atom stereocenters. The first-order chi connectivity index (χ1) is 15.1. The number of nitrogens with one attached hydrogen (secondary N) is 1. The molecule has 5 nitrogen and oxygen atoms in total. The van der Waals surface area contributed by atoms with Gasteiger partial charge in [-0.1, -0.05) is 77.0 Å². The van der Waals surface area contributed by atoms with Crippen molar-refractivity contribution < 1.29 is 9.59 Å². The molecule has 4 fully saturated rings. The number of amides is 2. The molecule has 31 heavy (non-hydrogen) atoms. The van der Waals surface area contributed by atoms with Gasteiger partial charge in [0.1, 0.15) is 5.54 Å². The SMILES string of the molecule is NC(=O)C1CCCCC12NC1(CCCCC1)N(C1CCCCCCCCCCC1)C2=O. The van der Waals surface area contributed by atoms with Gasteiger partial charge in [-0.2, -0.15) is 0 Å². The first kappa shape index (κ1) is 23.1. The summed E-state index contributed by atoms with van der Waals surface area (Å²) in [5, 5.41) is 3.91. The second-order valence-electron chi connectivity index (χ2n) is 11.0. The number of carbonyl (C=O) groups excluding carboxylic acids is 2. The Morgan fingerprint density at radius 3 is 1.81 bits per heavy atom. The Balaban J connectivity index is 1.63. The van der Waals surface area contributed by atoms with E-state index < -0.39 is 5.54 Å². The van der Waals surface area contributed by atoms with Gasteiger partial charge < -0.3 is 10.6 Å². The fraction of sp³-hybridized carbons (Fsp3) is 0.923. The Morgan fingerprint density at radius 2 is 1.23 bits per heavy atom. The molecule has 0 bridgehead atoms. The molecule has 5 heteroatoms. The lowest BCUT2D eigenvalue weighted by molar-refractivity contribution is -0.144. The predicted molar refractivity (Wildman–Crippen MR) is 124 cm³/mol. The second kappa shape index (κ2) is 10.2. The molecule has 0 aromatic carbocycles. The summed E-state index contributed by atoms with van der Waals surface area (Å²) >= 11 is 0. The van der Waals surface area contributed by atoms with Crippen molar-refractivity contribution in [2.75, 3.05) is 0 Å². The summed E-state index contributed by atoms with van der Waals surface area (Å²) in [6.45, 7) is 0. The molecule has 2 unspecified atom stereocenters. The van der Waals surface area contributed by atoms with Crippen LogP contribution >= 0.6 is 0 Å². The van der Waals surface area contributed by atoms with Gasteiger partial charge in [-0.15, -0.1) is 0 Å². The molecule has 3 aliphatic carbocycles. The van der Waals surface area contributed by atoms with Crippen molar-refractivity contribution in [2.24, 2.45) is 11.7 Å². The van der Waals surface area contributed by atoms with Gasteiger partial charge in [0.25, 0.3) is 0 Å². The smallest absolute Gasteiger partial charge is 0.245 e. The third kappa shape index (κ3) is 4.67. The minimum absolute atomic E-state index is 0.218. The summed E-state index contributed by atoms with van der Waals surface area (Å²) in [5.74, 6) is -0.425. The van der Waals surface area contributed by atoms with Gasteiger partial charge in [0.15, 0.2) is 0 Å². The number of nitrogens with two attached hydrogens (primary N) is 1. The van der Waals surface area contributed by atoms with E-state index in [1.54, 1.807) is 0 Å². The zero-order valence-electron chi connectivity index (χ0n) is 19.6. The fourth-order valence-electron chi connectivity index (χ4n) is 7.32. The van der Waals surface area contributed by atoms with Gasteiger partial charge in [0.2, 0.25) is 11.8 Å². The molecule has 0 aromatic heterocycles. The van der Waals surface area contributed by atoms with Gasteiger partial charge in [-0.25, -0.2) is 0 Å². The van der Waals surface area contributed by atoms with E-state index in [-0.39, 0.29) is 23.4 Å². The maximum absolute atomic E-state index is 14.3. The third-order valence-corrected chi connectivity index (χ3v) is 8.89. The number of hydrogen-bond acceptors (Lipinski definition) is 3. The highest BCUT2D eigenvalue weighted by atomic mass is 16.2. The van der Waals surface area contributed by atoms with E-state index in [0.29, 0.717) is 6.04 Å². The van der Waals surface area contributed by atoms with Crippen LogP contribution in [0.3, 0.4) is 0 Å². The molecule has 2 spiro atoms. The maximum atomic E-state index is 14.3. The summed E-state index contributed by atoms with van der Waals surface area (Å²) in [6.07, 6.45) is 23.2. The highest BCUT2D eigenvalue weighted by Crippen LogP contribution is 2.48. The van der Waals surface area contributed by atoms with Crippen LogP contribution in [-0.2, 0) is 9.59 Å². The van der Waals surface area contributed by atoms with Crippen molar-refractivity contribution in [3.8, 4) is 0 Å². The molecule has 1 aliphatic heterocycles. The molecule has 4 rings (SSSR count). The molecule has 0 radical (unpaired) electrons. The molecular formula is C26H45N3O2. The van der Waals surface area contributed by atoms with Crippen LogP contribution in [0.4, 0.5) is 0 Å². The Labute approximate surface area is 189 Å². The van der Waals surface area contributed by atoms with Crippen LogP contribution in [0, 0.1) is 5.92 Å². The fourth-order valence-corrected chi connectivity index (χ4v) is 7.32. The molecule has 1 heterocycles. The molecular weight excluding hydrogens is 386 g/mol. The van der Waals surface area contributed by atoms with Gasteiger partial charge in [0.05, 0.1) is 11.6 Å². The van der Waals surface area contributed by atoms with Crippen LogP contribution in [0.15, 0.2) is 0 Å². The summed E-state index contributed by atoms with van der Waals surface area (Å²) in [6, 6.07) is 0.312. The third-order valence-electron chi connectivity index (χ3n) is 8.89. The van der Waals surface area contributed by atoms with Crippen LogP contribution in [0.1, 0.15) is 128 Å². The molecule has 2 amide bonds. The van der Waals surface area contributed by atoms with Crippen molar-refractivity contribution in [3.05, 3.63) is 0 Å². The lowest BCUT2D eigenvalue weighted by Crippen LogP contribution is -2.61. The Kier molecular flexibility index (Phi) is 7.61. The largest absolute Gasteiger partial charge is 0.369 e. The first-order valence-electron chi connectivity index (χ1n) is 13.5. The summed E-state index contributed by atoms with van der Waals surface area (Å²) in [7, 11) is 0. The topological polar surface area (TPSA) is 75.4 Å². The van der Waals surface area contributed by atoms with E-state index in [9.17, 15) is 9.59 Å². The van der Waals surface area contributed by atoms with E-state index in [0.717, 1.165) is 51.4 Å². The lowest BCUT2D eigenvalue weighted by Gasteiger charge is -2.46. The Hall–Kier alpha value is -1.10. The quantitative estimate of drug-likeness (QED) is 0.633. The monoisotopic (exact) mass is 431 g/mol. The molecule has 1 saturated heterocycles. The van der Waals surface area contributed by atoms with E-state index in [1.165, 1.54) is 77.0 Å². The average molecular weight is 432 g/mol. The molecule has 176 valence electrons. The van der Waals surface area contributed by atoms with E-state index in [2.05, 4.69) is 10.2 Å². The van der Waals surface area contributed by atoms with Gasteiger partial charge in [0, 0.05) is 6.04 Å². The van der Waals surface area contributed by atoms with Crippen molar-refractivity contribution in [1.82, 2.24) is 10.2 Å². The van der Waals surface area contributed by atoms with Crippen molar-refractivity contribution in [2.45, 2.75) is 146 Å². The number of primary amides is 1. The second-order valence-corrected chi connectivity index (χ2v) is 11.0. The van der Waals surface area contributed by atoms with Crippen LogP contribution in [0.2, 0.25) is 0 Å². The molecule has 3 saturated carbocycles. The normalized spacial score (nSPS) is 33.9. The van der Waals surface area contributed by atoms with Gasteiger partial charge in [-0.05, 0) is 51.4 Å². The average Bonchev–Trinajstić information content (AvgIpc) is 2.97. The summed E-state index contributed by atoms with van der Waals surface area (Å²) in [5.41, 5.74) is 4.90. The minimum Gasteiger partial charge on any atom is -0.369 e. The zero-order valence-corrected chi connectivity index (χ0v) is 19.6. The van der Waals surface area contributed by atoms with Crippen molar-refractivity contribution in [1.29, 1.82) is 0 Å². The maximum Gasteiger partial charge on any atom is 0.245 e. The van der Waals surface area contributed by atoms with Crippen LogP contribution < -0.4 is 11.1 Å². The minimum atomic E-state index is -0.745. The predicted octanol–water partition coefficient (Wildman–Crippen LogP) is 5.17. The van der Waals surface area contributed by atoms with Gasteiger partial charge >= 0.3 is 0 Å². The number of hydrogen-bond donors (Lipinski definition) is 2. The van der Waals surface area contributed by atoms with Crippen LogP contribution in [0.5, 0.6) is 0 Å². The molecule has 4 aliphatic rings. The Morgan fingerprint density at radius 1 is 0.742 bits per heavy atom. The number of nitrogens with zero attached hydrogens (tertiary/aromatic N) is 1. The first-order valence-corrected chi connectivity index (χ1v) is 13.5. The Bertz CT molecular complexity index is 618. The molecule has 0 aromatic rings. The summed E-state index contributed by atoms with van der Waals surface area (Å²) < 4.78 is 0. The van der Waals surface area contributed by atoms with Gasteiger partial charge in [-0.3, -0.25) is 14.9 Å². The zero-order chi connectivity index (χ0) is 21.7. The van der Waals surface area contributed by atoms with Crippen molar-refractivity contribution >= 4 is 11.8 Å². The summed E-state index contributed by atoms with van der Waals surface area (Å²) in [4.78, 5) is 29.1.